The van der Waals surface area contributed by atoms with Crippen molar-refractivity contribution in [2.45, 2.75) is 0 Å². The van der Waals surface area contributed by atoms with E-state index in [0.29, 0.717) is 11.3 Å². The topological polar surface area (TPSA) is 89.0 Å². The number of hydrogen-bond acceptors (Lipinski definition) is 6. The lowest BCUT2D eigenvalue weighted by Gasteiger charge is -2.09. The molecule has 0 aromatic heterocycles. The van der Waals surface area contributed by atoms with Gasteiger partial charge < -0.3 is 14.8 Å². The fourth-order valence-electron chi connectivity index (χ4n) is 2.01. The molecule has 2 rings (SSSR count). The highest BCUT2D eigenvalue weighted by molar-refractivity contribution is 5.91. The molecule has 0 spiro atoms. The summed E-state index contributed by atoms with van der Waals surface area (Å²) in [5.41, 5.74) is 4.34. The average Bonchev–Trinajstić information content (AvgIpc) is 2.66. The molecule has 0 aliphatic carbocycles. The lowest BCUT2D eigenvalue weighted by atomic mass is 10.1. The molecule has 2 N–H and O–H groups in total. The molecular formula is C18H19N3O4. The Balaban J connectivity index is 1.83. The van der Waals surface area contributed by atoms with Crippen LogP contribution in [0.25, 0.3) is 0 Å². The predicted octanol–water partition coefficient (Wildman–Crippen LogP) is 2.04. The second-order valence-electron chi connectivity index (χ2n) is 4.96. The molecule has 7 nitrogen and oxygen atoms in total. The number of hydrazone groups is 1. The molecule has 0 fully saturated rings. The van der Waals surface area contributed by atoms with Crippen molar-refractivity contribution in [1.29, 1.82) is 0 Å². The first kappa shape index (κ1) is 18.0. The van der Waals surface area contributed by atoms with E-state index in [9.17, 15) is 9.59 Å². The highest BCUT2D eigenvalue weighted by Crippen LogP contribution is 2.22. The van der Waals surface area contributed by atoms with Gasteiger partial charge in [-0.3, -0.25) is 4.79 Å². The summed E-state index contributed by atoms with van der Waals surface area (Å²) in [6.45, 7) is 0.0546. The first-order valence-corrected chi connectivity index (χ1v) is 7.51. The molecule has 7 heteroatoms. The lowest BCUT2D eigenvalue weighted by Crippen LogP contribution is -2.26. The van der Waals surface area contributed by atoms with Gasteiger partial charge in [0.05, 0.1) is 38.2 Å². The van der Waals surface area contributed by atoms with Gasteiger partial charge in [0.15, 0.2) is 0 Å². The van der Waals surface area contributed by atoms with Gasteiger partial charge in [-0.25, -0.2) is 10.2 Å². The molecule has 0 atom stereocenters. The number of carbonyl (C=O) groups is 2. The fraction of sp³-hybridized carbons (Fsp3) is 0.167. The van der Waals surface area contributed by atoms with E-state index in [1.807, 2.05) is 18.2 Å². The van der Waals surface area contributed by atoms with Crippen LogP contribution in [0.2, 0.25) is 0 Å². The van der Waals surface area contributed by atoms with E-state index in [4.69, 9.17) is 4.74 Å². The molecule has 0 radical (unpaired) electrons. The second kappa shape index (κ2) is 9.07. The number of para-hydroxylation sites is 2. The number of amides is 1. The molecule has 0 aliphatic rings. The summed E-state index contributed by atoms with van der Waals surface area (Å²) < 4.78 is 9.82. The van der Waals surface area contributed by atoms with Crippen LogP contribution < -0.4 is 15.5 Å². The van der Waals surface area contributed by atoms with Gasteiger partial charge in [0.1, 0.15) is 5.75 Å². The van der Waals surface area contributed by atoms with Gasteiger partial charge in [-0.15, -0.1) is 0 Å². The van der Waals surface area contributed by atoms with Crippen molar-refractivity contribution in [3.8, 4) is 5.75 Å². The van der Waals surface area contributed by atoms with Crippen molar-refractivity contribution < 1.29 is 19.1 Å². The van der Waals surface area contributed by atoms with E-state index in [-0.39, 0.29) is 12.5 Å². The van der Waals surface area contributed by atoms with E-state index >= 15 is 0 Å². The lowest BCUT2D eigenvalue weighted by molar-refractivity contribution is -0.119. The van der Waals surface area contributed by atoms with Crippen molar-refractivity contribution in [1.82, 2.24) is 5.43 Å². The maximum absolute atomic E-state index is 11.8. The molecule has 2 aromatic carbocycles. The van der Waals surface area contributed by atoms with Crippen LogP contribution in [-0.4, -0.2) is 38.9 Å². The number of methoxy groups -OCH3 is 2. The largest absolute Gasteiger partial charge is 0.495 e. The molecular weight excluding hydrogens is 322 g/mol. The van der Waals surface area contributed by atoms with Gasteiger partial charge >= 0.3 is 5.97 Å². The molecule has 0 saturated carbocycles. The SMILES string of the molecule is COC(=O)c1ccc(/C=N\NC(=O)CNc2ccccc2OC)cc1. The third-order valence-corrected chi connectivity index (χ3v) is 3.28. The van der Waals surface area contributed by atoms with Crippen LogP contribution in [0.15, 0.2) is 53.6 Å². The second-order valence-corrected chi connectivity index (χ2v) is 4.96. The van der Waals surface area contributed by atoms with E-state index in [2.05, 4.69) is 20.6 Å². The molecule has 0 bridgehead atoms. The van der Waals surface area contributed by atoms with Crippen molar-refractivity contribution in [2.24, 2.45) is 5.10 Å². The third kappa shape index (κ3) is 5.35. The van der Waals surface area contributed by atoms with Crippen LogP contribution in [0.1, 0.15) is 15.9 Å². The van der Waals surface area contributed by atoms with Crippen molar-refractivity contribution in [3.05, 3.63) is 59.7 Å². The summed E-state index contributed by atoms with van der Waals surface area (Å²) in [7, 11) is 2.89. The normalized spacial score (nSPS) is 10.3. The number of esters is 1. The Bertz CT molecular complexity index is 757. The summed E-state index contributed by atoms with van der Waals surface area (Å²) >= 11 is 0. The maximum Gasteiger partial charge on any atom is 0.337 e. The van der Waals surface area contributed by atoms with Gasteiger partial charge in [-0.05, 0) is 29.8 Å². The van der Waals surface area contributed by atoms with Crippen LogP contribution in [0.3, 0.4) is 0 Å². The first-order valence-electron chi connectivity index (χ1n) is 7.51. The molecule has 0 aliphatic heterocycles. The number of nitrogens with zero attached hydrogens (tertiary/aromatic N) is 1. The van der Waals surface area contributed by atoms with E-state index < -0.39 is 5.97 Å². The summed E-state index contributed by atoms with van der Waals surface area (Å²) in [5, 5.41) is 6.86. The number of hydrogen-bond donors (Lipinski definition) is 2. The van der Waals surface area contributed by atoms with Gasteiger partial charge in [0, 0.05) is 0 Å². The summed E-state index contributed by atoms with van der Waals surface area (Å²) in [6, 6.07) is 14.0. The van der Waals surface area contributed by atoms with Crippen molar-refractivity contribution in [2.75, 3.05) is 26.1 Å². The monoisotopic (exact) mass is 341 g/mol. The van der Waals surface area contributed by atoms with Crippen molar-refractivity contribution in [3.63, 3.8) is 0 Å². The summed E-state index contributed by atoms with van der Waals surface area (Å²) in [6.07, 6.45) is 1.49. The number of ether oxygens (including phenoxy) is 2. The minimum atomic E-state index is -0.404. The summed E-state index contributed by atoms with van der Waals surface area (Å²) in [4.78, 5) is 23.1. The van der Waals surface area contributed by atoms with Gasteiger partial charge in [0.2, 0.25) is 0 Å². The number of carbonyl (C=O) groups excluding carboxylic acids is 2. The summed E-state index contributed by atoms with van der Waals surface area (Å²) in [5.74, 6) is -0.0444. The van der Waals surface area contributed by atoms with E-state index in [1.165, 1.54) is 13.3 Å². The number of anilines is 1. The highest BCUT2D eigenvalue weighted by Gasteiger charge is 2.05. The Morgan fingerprint density at radius 3 is 2.48 bits per heavy atom. The zero-order valence-corrected chi connectivity index (χ0v) is 14.0. The van der Waals surface area contributed by atoms with Gasteiger partial charge in [0.25, 0.3) is 5.91 Å². The van der Waals surface area contributed by atoms with Gasteiger partial charge in [-0.1, -0.05) is 24.3 Å². The van der Waals surface area contributed by atoms with Crippen LogP contribution in [-0.2, 0) is 9.53 Å². The molecule has 1 amide bonds. The molecule has 0 unspecified atom stereocenters. The minimum absolute atomic E-state index is 0.0546. The quantitative estimate of drug-likeness (QED) is 0.457. The molecule has 0 saturated heterocycles. The predicted molar refractivity (Wildman–Crippen MR) is 95.0 cm³/mol. The third-order valence-electron chi connectivity index (χ3n) is 3.28. The number of nitrogens with one attached hydrogen (secondary N) is 2. The Kier molecular flexibility index (Phi) is 6.53. The standard InChI is InChI=1S/C18H19N3O4/c1-24-16-6-4-3-5-15(16)19-12-17(22)21-20-11-13-7-9-14(10-8-13)18(23)25-2/h3-11,19H,12H2,1-2H3,(H,21,22)/b20-11-. The molecule has 25 heavy (non-hydrogen) atoms. The Morgan fingerprint density at radius 2 is 1.80 bits per heavy atom. The molecule has 130 valence electrons. The van der Waals surface area contributed by atoms with Crippen LogP contribution in [0.5, 0.6) is 5.75 Å². The average molecular weight is 341 g/mol. The van der Waals surface area contributed by atoms with Crippen LogP contribution in [0.4, 0.5) is 5.69 Å². The zero-order valence-electron chi connectivity index (χ0n) is 14.0. The van der Waals surface area contributed by atoms with Crippen LogP contribution >= 0.6 is 0 Å². The Labute approximate surface area is 145 Å². The van der Waals surface area contributed by atoms with Crippen molar-refractivity contribution >= 4 is 23.8 Å². The maximum atomic E-state index is 11.8. The molecule has 2 aromatic rings. The zero-order chi connectivity index (χ0) is 18.1. The number of benzene rings is 2. The van der Waals surface area contributed by atoms with Gasteiger partial charge in [-0.2, -0.15) is 5.10 Å². The first-order chi connectivity index (χ1) is 12.1. The number of rotatable bonds is 7. The fourth-order valence-corrected chi connectivity index (χ4v) is 2.01. The van der Waals surface area contributed by atoms with E-state index in [1.54, 1.807) is 37.4 Å². The smallest absolute Gasteiger partial charge is 0.337 e. The van der Waals surface area contributed by atoms with Crippen LogP contribution in [0, 0.1) is 0 Å². The molecule has 0 heterocycles. The highest BCUT2D eigenvalue weighted by atomic mass is 16.5. The minimum Gasteiger partial charge on any atom is -0.495 e. The Hall–Kier alpha value is -3.35. The Morgan fingerprint density at radius 1 is 1.08 bits per heavy atom. The van der Waals surface area contributed by atoms with E-state index in [0.717, 1.165) is 11.3 Å².